The van der Waals surface area contributed by atoms with Crippen LogP contribution in [0.2, 0.25) is 0 Å². The van der Waals surface area contributed by atoms with Gasteiger partial charge >= 0.3 is 0 Å². The summed E-state index contributed by atoms with van der Waals surface area (Å²) in [5.74, 6) is -0.110. The van der Waals surface area contributed by atoms with E-state index in [1.165, 1.54) is 13.8 Å². The fourth-order valence-electron chi connectivity index (χ4n) is 0.911. The maximum Gasteiger partial charge on any atom is 0.217 e. The van der Waals surface area contributed by atoms with Gasteiger partial charge in [-0.25, -0.2) is 0 Å². The van der Waals surface area contributed by atoms with E-state index in [1.54, 1.807) is 0 Å². The number of Topliss-reactive ketones (excluding diaryl/α,β-unsaturated/α-hetero) is 1. The Labute approximate surface area is 80.9 Å². The first kappa shape index (κ1) is 14.7. The summed E-state index contributed by atoms with van der Waals surface area (Å²) in [5, 5.41) is 2.59. The summed E-state index contributed by atoms with van der Waals surface area (Å²) in [6, 6.07) is -0.280. The third-order valence-electron chi connectivity index (χ3n) is 1.45. The molecule has 0 aromatic heterocycles. The minimum Gasteiger partial charge on any atom is -0.347 e. The van der Waals surface area contributed by atoms with Crippen molar-refractivity contribution in [3.05, 3.63) is 0 Å². The summed E-state index contributed by atoms with van der Waals surface area (Å²) in [5.41, 5.74) is 0. The summed E-state index contributed by atoms with van der Waals surface area (Å²) in [6.07, 6.45) is 1.64. The summed E-state index contributed by atoms with van der Waals surface area (Å²) in [4.78, 5) is 21.4. The van der Waals surface area contributed by atoms with Crippen LogP contribution in [0.25, 0.3) is 0 Å². The molecule has 0 aliphatic carbocycles. The van der Waals surface area contributed by atoms with Gasteiger partial charge in [0.15, 0.2) is 5.78 Å². The maximum atomic E-state index is 10.9. The molecule has 0 saturated carbocycles. The van der Waals surface area contributed by atoms with Crippen molar-refractivity contribution in [3.8, 4) is 0 Å². The Kier molecular flexibility index (Phi) is 10.4. The molecule has 0 fully saturated rings. The molecule has 0 bridgehead atoms. The highest BCUT2D eigenvalue weighted by atomic mass is 16.2. The van der Waals surface area contributed by atoms with Crippen LogP contribution in [0.4, 0.5) is 0 Å². The second-order valence-electron chi connectivity index (χ2n) is 2.65. The highest BCUT2D eigenvalue weighted by Crippen LogP contribution is 1.97. The van der Waals surface area contributed by atoms with E-state index in [9.17, 15) is 9.59 Å². The number of hydrogen-bond acceptors (Lipinski definition) is 2. The molecule has 0 spiro atoms. The number of carbonyl (C=O) groups is 2. The van der Waals surface area contributed by atoms with Crippen molar-refractivity contribution in [2.24, 2.45) is 0 Å². The molecule has 1 atom stereocenters. The lowest BCUT2D eigenvalue weighted by Crippen LogP contribution is -2.38. The third-order valence-corrected chi connectivity index (χ3v) is 1.45. The molecule has 13 heavy (non-hydrogen) atoms. The molecule has 0 aliphatic heterocycles. The van der Waals surface area contributed by atoms with Gasteiger partial charge in [0.1, 0.15) is 0 Å². The lowest BCUT2D eigenvalue weighted by molar-refractivity contribution is -0.125. The Morgan fingerprint density at radius 1 is 1.23 bits per heavy atom. The standard InChI is InChI=1S/C8H15NO2.C2H6/c1-4-5-8(6(2)10)9-7(3)11;1-2/h8H,4-5H2,1-3H3,(H,9,11);1-2H3. The van der Waals surface area contributed by atoms with Crippen LogP contribution >= 0.6 is 0 Å². The lowest BCUT2D eigenvalue weighted by Gasteiger charge is -2.12. The van der Waals surface area contributed by atoms with Crippen LogP contribution in [-0.4, -0.2) is 17.7 Å². The third kappa shape index (κ3) is 9.05. The minimum atomic E-state index is -0.280. The molecule has 1 N–H and O–H groups in total. The van der Waals surface area contributed by atoms with E-state index in [4.69, 9.17) is 0 Å². The molecule has 3 nitrogen and oxygen atoms in total. The van der Waals surface area contributed by atoms with Gasteiger partial charge in [-0.3, -0.25) is 9.59 Å². The van der Waals surface area contributed by atoms with Crippen LogP contribution in [0.3, 0.4) is 0 Å². The highest BCUT2D eigenvalue weighted by Gasteiger charge is 2.12. The molecule has 1 amide bonds. The maximum absolute atomic E-state index is 10.9. The summed E-state index contributed by atoms with van der Waals surface area (Å²) in [6.45, 7) is 8.90. The van der Waals surface area contributed by atoms with E-state index >= 15 is 0 Å². The van der Waals surface area contributed by atoms with Gasteiger partial charge < -0.3 is 5.32 Å². The zero-order chi connectivity index (χ0) is 10.9. The molecule has 1 unspecified atom stereocenters. The van der Waals surface area contributed by atoms with E-state index in [-0.39, 0.29) is 17.7 Å². The van der Waals surface area contributed by atoms with Crippen LogP contribution < -0.4 is 5.32 Å². The number of rotatable bonds is 4. The second-order valence-corrected chi connectivity index (χ2v) is 2.65. The van der Waals surface area contributed by atoms with Gasteiger partial charge in [-0.2, -0.15) is 0 Å². The van der Waals surface area contributed by atoms with Crippen molar-refractivity contribution < 1.29 is 9.59 Å². The second kappa shape index (κ2) is 9.23. The topological polar surface area (TPSA) is 46.2 Å². The van der Waals surface area contributed by atoms with E-state index in [2.05, 4.69) is 5.32 Å². The van der Waals surface area contributed by atoms with Crippen molar-refractivity contribution in [1.82, 2.24) is 5.32 Å². The first-order valence-electron chi connectivity index (χ1n) is 4.85. The first-order chi connectivity index (χ1) is 6.07. The SMILES string of the molecule is CC.CCCC(NC(C)=O)C(C)=O. The van der Waals surface area contributed by atoms with Gasteiger partial charge in [0.2, 0.25) is 5.91 Å². The van der Waals surface area contributed by atoms with Crippen molar-refractivity contribution in [1.29, 1.82) is 0 Å². The smallest absolute Gasteiger partial charge is 0.217 e. The minimum absolute atomic E-state index is 0.0297. The summed E-state index contributed by atoms with van der Waals surface area (Å²) in [7, 11) is 0. The van der Waals surface area contributed by atoms with Crippen molar-refractivity contribution >= 4 is 11.7 Å². The van der Waals surface area contributed by atoms with Gasteiger partial charge in [0.05, 0.1) is 6.04 Å². The molecule has 0 aromatic rings. The predicted molar refractivity (Wildman–Crippen MR) is 54.5 cm³/mol. The monoisotopic (exact) mass is 187 g/mol. The fraction of sp³-hybridized carbons (Fsp3) is 0.800. The average molecular weight is 187 g/mol. The van der Waals surface area contributed by atoms with Crippen LogP contribution in [0.1, 0.15) is 47.5 Å². The molecule has 0 heterocycles. The Bertz CT molecular complexity index is 155. The molecule has 3 heteroatoms. The molecule has 0 aliphatic rings. The van der Waals surface area contributed by atoms with Gasteiger partial charge in [0, 0.05) is 6.92 Å². The Morgan fingerprint density at radius 3 is 1.92 bits per heavy atom. The van der Waals surface area contributed by atoms with E-state index in [1.807, 2.05) is 20.8 Å². The van der Waals surface area contributed by atoms with Crippen LogP contribution in [0.15, 0.2) is 0 Å². The number of ketones is 1. The average Bonchev–Trinajstić information content (AvgIpc) is 2.06. The van der Waals surface area contributed by atoms with Crippen molar-refractivity contribution in [2.45, 2.75) is 53.5 Å². The predicted octanol–water partition coefficient (Wildman–Crippen LogP) is 1.91. The summed E-state index contributed by atoms with van der Waals surface area (Å²) >= 11 is 0. The number of amides is 1. The van der Waals surface area contributed by atoms with E-state index in [0.717, 1.165) is 12.8 Å². The molecule has 0 radical (unpaired) electrons. The molecule has 0 saturated heterocycles. The molecule has 0 aromatic carbocycles. The Morgan fingerprint density at radius 2 is 1.69 bits per heavy atom. The zero-order valence-corrected chi connectivity index (χ0v) is 9.31. The van der Waals surface area contributed by atoms with Crippen LogP contribution in [-0.2, 0) is 9.59 Å². The van der Waals surface area contributed by atoms with Gasteiger partial charge in [-0.1, -0.05) is 27.2 Å². The molecular formula is C10H21NO2. The molecule has 0 rings (SSSR count). The largest absolute Gasteiger partial charge is 0.347 e. The number of carbonyl (C=O) groups excluding carboxylic acids is 2. The Hall–Kier alpha value is -0.860. The van der Waals surface area contributed by atoms with E-state index < -0.39 is 0 Å². The van der Waals surface area contributed by atoms with Crippen molar-refractivity contribution in [3.63, 3.8) is 0 Å². The van der Waals surface area contributed by atoms with E-state index in [0.29, 0.717) is 0 Å². The molecule has 78 valence electrons. The summed E-state index contributed by atoms with van der Waals surface area (Å²) < 4.78 is 0. The van der Waals surface area contributed by atoms with Gasteiger partial charge in [0.25, 0.3) is 0 Å². The van der Waals surface area contributed by atoms with Crippen LogP contribution in [0.5, 0.6) is 0 Å². The number of hydrogen-bond donors (Lipinski definition) is 1. The number of nitrogens with one attached hydrogen (secondary N) is 1. The zero-order valence-electron chi connectivity index (χ0n) is 9.31. The Balaban J connectivity index is 0. The van der Waals surface area contributed by atoms with Gasteiger partial charge in [-0.05, 0) is 13.3 Å². The van der Waals surface area contributed by atoms with Gasteiger partial charge in [-0.15, -0.1) is 0 Å². The lowest BCUT2D eigenvalue weighted by atomic mass is 10.1. The highest BCUT2D eigenvalue weighted by molar-refractivity contribution is 5.86. The van der Waals surface area contributed by atoms with Crippen molar-refractivity contribution in [2.75, 3.05) is 0 Å². The fourth-order valence-corrected chi connectivity index (χ4v) is 0.911. The first-order valence-corrected chi connectivity index (χ1v) is 4.85. The van der Waals surface area contributed by atoms with Crippen LogP contribution in [0, 0.1) is 0 Å². The normalized spacial score (nSPS) is 10.8. The molecular weight excluding hydrogens is 166 g/mol. The quantitative estimate of drug-likeness (QED) is 0.730.